The Bertz CT molecular complexity index is 546. The van der Waals surface area contributed by atoms with Crippen molar-refractivity contribution < 1.29 is 4.79 Å². The standard InChI is InChI=1S/C15H21N3OS/c1-10(16)7-8-14(19)17-11(2)9-15-18-12-5-3-4-6-13(12)20-15/h3-6,10-11H,7-9,16H2,1-2H3,(H,17,19). The summed E-state index contributed by atoms with van der Waals surface area (Å²) >= 11 is 1.69. The van der Waals surface area contributed by atoms with Crippen LogP contribution in [0, 0.1) is 0 Å². The number of carbonyl (C=O) groups excluding carboxylic acids is 1. The third-order valence-corrected chi connectivity index (χ3v) is 4.11. The van der Waals surface area contributed by atoms with Gasteiger partial charge in [-0.3, -0.25) is 4.79 Å². The van der Waals surface area contributed by atoms with E-state index in [1.54, 1.807) is 11.3 Å². The molecular weight excluding hydrogens is 270 g/mol. The summed E-state index contributed by atoms with van der Waals surface area (Å²) in [6, 6.07) is 8.26. The number of benzene rings is 1. The van der Waals surface area contributed by atoms with E-state index in [2.05, 4.69) is 16.4 Å². The number of aromatic nitrogens is 1. The largest absolute Gasteiger partial charge is 0.353 e. The number of para-hydroxylation sites is 1. The molecule has 0 radical (unpaired) electrons. The molecule has 1 aromatic carbocycles. The Labute approximate surface area is 123 Å². The molecule has 108 valence electrons. The minimum Gasteiger partial charge on any atom is -0.353 e. The zero-order valence-electron chi connectivity index (χ0n) is 11.9. The number of thiazole rings is 1. The molecule has 0 bridgehead atoms. The van der Waals surface area contributed by atoms with Crippen LogP contribution in [0.2, 0.25) is 0 Å². The fraction of sp³-hybridized carbons (Fsp3) is 0.467. The predicted molar refractivity (Wildman–Crippen MR) is 83.8 cm³/mol. The highest BCUT2D eigenvalue weighted by Crippen LogP contribution is 2.22. The Morgan fingerprint density at radius 2 is 2.15 bits per heavy atom. The number of amides is 1. The Morgan fingerprint density at radius 1 is 1.40 bits per heavy atom. The van der Waals surface area contributed by atoms with Gasteiger partial charge in [-0.2, -0.15) is 0 Å². The molecule has 2 atom stereocenters. The molecule has 2 aromatic rings. The van der Waals surface area contributed by atoms with Crippen molar-refractivity contribution in [3.05, 3.63) is 29.3 Å². The van der Waals surface area contributed by atoms with E-state index in [0.717, 1.165) is 23.4 Å². The Balaban J connectivity index is 1.87. The lowest BCUT2D eigenvalue weighted by Crippen LogP contribution is -2.34. The normalized spacial score (nSPS) is 14.2. The van der Waals surface area contributed by atoms with Gasteiger partial charge in [-0.05, 0) is 32.4 Å². The number of fused-ring (bicyclic) bond motifs is 1. The van der Waals surface area contributed by atoms with Crippen molar-refractivity contribution in [2.75, 3.05) is 0 Å². The first-order valence-electron chi connectivity index (χ1n) is 6.94. The second kappa shape index (κ2) is 6.81. The first-order valence-corrected chi connectivity index (χ1v) is 7.75. The molecule has 5 heteroatoms. The van der Waals surface area contributed by atoms with Crippen LogP contribution in [-0.2, 0) is 11.2 Å². The van der Waals surface area contributed by atoms with Crippen LogP contribution in [0.4, 0.5) is 0 Å². The first kappa shape index (κ1) is 14.9. The summed E-state index contributed by atoms with van der Waals surface area (Å²) in [5.74, 6) is 0.0657. The summed E-state index contributed by atoms with van der Waals surface area (Å²) in [4.78, 5) is 16.3. The third kappa shape index (κ3) is 4.28. The molecule has 20 heavy (non-hydrogen) atoms. The van der Waals surface area contributed by atoms with Crippen LogP contribution in [0.5, 0.6) is 0 Å². The van der Waals surface area contributed by atoms with Crippen molar-refractivity contribution in [1.29, 1.82) is 0 Å². The van der Waals surface area contributed by atoms with Crippen molar-refractivity contribution in [2.45, 2.75) is 45.2 Å². The average molecular weight is 291 g/mol. The maximum atomic E-state index is 11.7. The van der Waals surface area contributed by atoms with Crippen LogP contribution in [-0.4, -0.2) is 23.0 Å². The van der Waals surface area contributed by atoms with E-state index in [9.17, 15) is 4.79 Å². The fourth-order valence-corrected chi connectivity index (χ4v) is 3.12. The molecule has 0 aliphatic heterocycles. The lowest BCUT2D eigenvalue weighted by atomic mass is 10.1. The van der Waals surface area contributed by atoms with Crippen LogP contribution in [0.1, 0.15) is 31.7 Å². The number of rotatable bonds is 6. The van der Waals surface area contributed by atoms with Gasteiger partial charge >= 0.3 is 0 Å². The van der Waals surface area contributed by atoms with Gasteiger partial charge in [0.1, 0.15) is 0 Å². The van der Waals surface area contributed by atoms with Gasteiger partial charge in [0.05, 0.1) is 15.2 Å². The Morgan fingerprint density at radius 3 is 2.85 bits per heavy atom. The number of carbonyl (C=O) groups is 1. The van der Waals surface area contributed by atoms with E-state index in [4.69, 9.17) is 5.73 Å². The number of hydrogen-bond acceptors (Lipinski definition) is 4. The summed E-state index contributed by atoms with van der Waals surface area (Å²) < 4.78 is 1.19. The Kier molecular flexibility index (Phi) is 5.09. The van der Waals surface area contributed by atoms with Crippen LogP contribution in [0.3, 0.4) is 0 Å². The third-order valence-electron chi connectivity index (χ3n) is 3.05. The van der Waals surface area contributed by atoms with Gasteiger partial charge in [0, 0.05) is 24.9 Å². The van der Waals surface area contributed by atoms with Crippen LogP contribution >= 0.6 is 11.3 Å². The molecule has 2 rings (SSSR count). The van der Waals surface area contributed by atoms with Crippen molar-refractivity contribution in [2.24, 2.45) is 5.73 Å². The zero-order valence-corrected chi connectivity index (χ0v) is 12.7. The van der Waals surface area contributed by atoms with E-state index in [-0.39, 0.29) is 18.0 Å². The summed E-state index contributed by atoms with van der Waals surface area (Å²) in [6.07, 6.45) is 1.98. The van der Waals surface area contributed by atoms with Gasteiger partial charge in [0.15, 0.2) is 0 Å². The van der Waals surface area contributed by atoms with Crippen molar-refractivity contribution in [3.63, 3.8) is 0 Å². The van der Waals surface area contributed by atoms with Gasteiger partial charge < -0.3 is 11.1 Å². The maximum absolute atomic E-state index is 11.7. The van der Waals surface area contributed by atoms with E-state index in [1.807, 2.05) is 32.0 Å². The second-order valence-corrected chi connectivity index (χ2v) is 6.38. The molecule has 0 aliphatic rings. The van der Waals surface area contributed by atoms with Gasteiger partial charge in [-0.1, -0.05) is 12.1 Å². The SMILES string of the molecule is CC(N)CCC(=O)NC(C)Cc1nc2ccccc2s1. The van der Waals surface area contributed by atoms with E-state index < -0.39 is 0 Å². The van der Waals surface area contributed by atoms with Crippen molar-refractivity contribution in [3.8, 4) is 0 Å². The lowest BCUT2D eigenvalue weighted by Gasteiger charge is -2.13. The lowest BCUT2D eigenvalue weighted by molar-refractivity contribution is -0.121. The van der Waals surface area contributed by atoms with Crippen molar-refractivity contribution in [1.82, 2.24) is 10.3 Å². The smallest absolute Gasteiger partial charge is 0.220 e. The number of nitrogens with zero attached hydrogens (tertiary/aromatic N) is 1. The molecule has 1 aromatic heterocycles. The molecule has 3 N–H and O–H groups in total. The number of hydrogen-bond donors (Lipinski definition) is 2. The predicted octanol–water partition coefficient (Wildman–Crippen LogP) is 2.47. The molecule has 1 amide bonds. The molecular formula is C15H21N3OS. The minimum atomic E-state index is 0.0657. The molecule has 4 nitrogen and oxygen atoms in total. The molecule has 2 unspecified atom stereocenters. The molecule has 0 saturated carbocycles. The highest BCUT2D eigenvalue weighted by Gasteiger charge is 2.11. The Hall–Kier alpha value is -1.46. The van der Waals surface area contributed by atoms with E-state index in [0.29, 0.717) is 6.42 Å². The molecule has 0 aliphatic carbocycles. The average Bonchev–Trinajstić information content (AvgIpc) is 2.78. The van der Waals surface area contributed by atoms with E-state index in [1.165, 1.54) is 4.70 Å². The van der Waals surface area contributed by atoms with Crippen LogP contribution in [0.15, 0.2) is 24.3 Å². The van der Waals surface area contributed by atoms with Gasteiger partial charge in [-0.25, -0.2) is 4.98 Å². The molecule has 1 heterocycles. The fourth-order valence-electron chi connectivity index (χ4n) is 2.03. The van der Waals surface area contributed by atoms with Crippen LogP contribution in [0.25, 0.3) is 10.2 Å². The van der Waals surface area contributed by atoms with Crippen molar-refractivity contribution >= 4 is 27.5 Å². The summed E-state index contributed by atoms with van der Waals surface area (Å²) in [7, 11) is 0. The monoisotopic (exact) mass is 291 g/mol. The van der Waals surface area contributed by atoms with Gasteiger partial charge in [0.2, 0.25) is 5.91 Å². The maximum Gasteiger partial charge on any atom is 0.220 e. The number of nitrogens with one attached hydrogen (secondary N) is 1. The minimum absolute atomic E-state index is 0.0657. The molecule has 0 fully saturated rings. The summed E-state index contributed by atoms with van der Waals surface area (Å²) in [5.41, 5.74) is 6.68. The highest BCUT2D eigenvalue weighted by atomic mass is 32.1. The van der Waals surface area contributed by atoms with Gasteiger partial charge in [0.25, 0.3) is 0 Å². The quantitative estimate of drug-likeness (QED) is 0.859. The topological polar surface area (TPSA) is 68.0 Å². The number of nitrogens with two attached hydrogens (primary N) is 1. The first-order chi connectivity index (χ1) is 9.54. The van der Waals surface area contributed by atoms with E-state index >= 15 is 0 Å². The summed E-state index contributed by atoms with van der Waals surface area (Å²) in [6.45, 7) is 3.92. The van der Waals surface area contributed by atoms with Crippen LogP contribution < -0.4 is 11.1 Å². The molecule has 0 spiro atoms. The molecule has 0 saturated heterocycles. The van der Waals surface area contributed by atoms with Gasteiger partial charge in [-0.15, -0.1) is 11.3 Å². The second-order valence-electron chi connectivity index (χ2n) is 5.26. The summed E-state index contributed by atoms with van der Waals surface area (Å²) in [5, 5.41) is 4.06. The highest BCUT2D eigenvalue weighted by molar-refractivity contribution is 7.18. The zero-order chi connectivity index (χ0) is 14.5.